The number of aromatic nitrogens is 2. The highest BCUT2D eigenvalue weighted by Crippen LogP contribution is 2.32. The fourth-order valence-corrected chi connectivity index (χ4v) is 2.92. The number of ether oxygens (including phenoxy) is 1. The Balaban J connectivity index is 1.89. The molecule has 10 heteroatoms. The summed E-state index contributed by atoms with van der Waals surface area (Å²) in [6, 6.07) is 6.08. The number of nitrogens with zero attached hydrogens (tertiary/aromatic N) is 2. The second-order valence-corrected chi connectivity index (χ2v) is 6.17. The van der Waals surface area contributed by atoms with Crippen molar-refractivity contribution < 1.29 is 22.7 Å². The van der Waals surface area contributed by atoms with Crippen LogP contribution in [-0.2, 0) is 0 Å². The Bertz CT molecular complexity index is 943. The summed E-state index contributed by atoms with van der Waals surface area (Å²) in [7, 11) is 0. The lowest BCUT2D eigenvalue weighted by molar-refractivity contribution is -0.139. The molecule has 26 heavy (non-hydrogen) atoms. The van der Waals surface area contributed by atoms with E-state index < -0.39 is 25.1 Å². The Labute approximate surface area is 149 Å². The minimum atomic E-state index is -4.34. The van der Waals surface area contributed by atoms with Crippen LogP contribution in [0.2, 0.25) is 0 Å². The van der Waals surface area contributed by atoms with Crippen molar-refractivity contribution in [3.05, 3.63) is 41.5 Å². The van der Waals surface area contributed by atoms with E-state index >= 15 is 0 Å². The molecule has 0 atom stereocenters. The van der Waals surface area contributed by atoms with Crippen molar-refractivity contribution in [1.29, 1.82) is 0 Å². The molecule has 3 rings (SSSR count). The van der Waals surface area contributed by atoms with Crippen LogP contribution in [0.25, 0.3) is 10.2 Å². The third kappa shape index (κ3) is 4.20. The van der Waals surface area contributed by atoms with Crippen molar-refractivity contribution in [3.63, 3.8) is 0 Å². The molecule has 3 N–H and O–H groups in total. The molecule has 2 heterocycles. The van der Waals surface area contributed by atoms with Gasteiger partial charge in [0.2, 0.25) is 5.91 Å². The minimum absolute atomic E-state index is 0.0764. The van der Waals surface area contributed by atoms with Crippen molar-refractivity contribution in [2.45, 2.75) is 12.6 Å². The highest BCUT2D eigenvalue weighted by atomic mass is 32.1. The summed E-state index contributed by atoms with van der Waals surface area (Å²) in [6.45, 7) is -0.585. The Morgan fingerprint density at radius 3 is 2.81 bits per heavy atom. The zero-order chi connectivity index (χ0) is 18.7. The molecular formula is C16H13F3N4O2S. The van der Waals surface area contributed by atoms with Crippen LogP contribution in [0.5, 0.6) is 5.75 Å². The van der Waals surface area contributed by atoms with Crippen LogP contribution in [0.15, 0.2) is 36.0 Å². The number of hydrogen-bond donors (Lipinski definition) is 2. The van der Waals surface area contributed by atoms with Gasteiger partial charge in [0.15, 0.2) is 0 Å². The van der Waals surface area contributed by atoms with Gasteiger partial charge in [0.05, 0.1) is 24.1 Å². The first kappa shape index (κ1) is 17.9. The van der Waals surface area contributed by atoms with E-state index in [9.17, 15) is 18.0 Å². The maximum Gasteiger partial charge on any atom is 0.392 e. The van der Waals surface area contributed by atoms with Crippen LogP contribution in [0.3, 0.4) is 0 Å². The number of fused-ring (bicyclic) bond motifs is 1. The van der Waals surface area contributed by atoms with E-state index in [0.29, 0.717) is 11.5 Å². The standard InChI is InChI=1S/C16H13F3N4O2S/c17-16(18,19)4-5-25-12-7-9(13(20)24)1-2-11(12)23-14-10-3-6-26-15(10)22-8-21-14/h1-3,6-8H,4-5H2,(H2,20,24)(H,21,22,23). The van der Waals surface area contributed by atoms with Gasteiger partial charge >= 0.3 is 6.18 Å². The number of halogens is 3. The first-order chi connectivity index (χ1) is 12.3. The van der Waals surface area contributed by atoms with Gasteiger partial charge in [-0.25, -0.2) is 9.97 Å². The molecule has 1 aromatic carbocycles. The van der Waals surface area contributed by atoms with Gasteiger partial charge in [0.25, 0.3) is 0 Å². The highest BCUT2D eigenvalue weighted by Gasteiger charge is 2.27. The second-order valence-electron chi connectivity index (χ2n) is 5.28. The third-order valence-corrected chi connectivity index (χ3v) is 4.24. The molecule has 0 unspecified atom stereocenters. The predicted octanol–water partition coefficient (Wildman–Crippen LogP) is 3.87. The van der Waals surface area contributed by atoms with Crippen LogP contribution in [0.1, 0.15) is 16.8 Å². The van der Waals surface area contributed by atoms with Crippen LogP contribution in [0, 0.1) is 0 Å². The maximum absolute atomic E-state index is 12.4. The van der Waals surface area contributed by atoms with E-state index in [0.717, 1.165) is 10.2 Å². The molecule has 0 fully saturated rings. The number of rotatable bonds is 6. The third-order valence-electron chi connectivity index (χ3n) is 3.42. The van der Waals surface area contributed by atoms with E-state index in [1.54, 1.807) is 0 Å². The SMILES string of the molecule is NC(=O)c1ccc(Nc2ncnc3sccc23)c(OCCC(F)(F)F)c1. The number of nitrogens with one attached hydrogen (secondary N) is 1. The highest BCUT2D eigenvalue weighted by molar-refractivity contribution is 7.16. The fraction of sp³-hybridized carbons (Fsp3) is 0.188. The summed E-state index contributed by atoms with van der Waals surface area (Å²) in [5.74, 6) is -0.157. The molecule has 3 aromatic rings. The first-order valence-electron chi connectivity index (χ1n) is 7.42. The number of nitrogens with two attached hydrogens (primary N) is 1. The van der Waals surface area contributed by atoms with Gasteiger partial charge < -0.3 is 15.8 Å². The van der Waals surface area contributed by atoms with Gasteiger partial charge in [-0.3, -0.25) is 4.79 Å². The number of anilines is 2. The molecule has 0 spiro atoms. The van der Waals surface area contributed by atoms with Crippen molar-refractivity contribution in [2.75, 3.05) is 11.9 Å². The van der Waals surface area contributed by atoms with E-state index in [-0.39, 0.29) is 11.3 Å². The topological polar surface area (TPSA) is 90.1 Å². The normalized spacial score (nSPS) is 11.5. The Hall–Kier alpha value is -2.88. The molecule has 2 aromatic heterocycles. The summed E-state index contributed by atoms with van der Waals surface area (Å²) in [6.07, 6.45) is -4.08. The summed E-state index contributed by atoms with van der Waals surface area (Å²) in [4.78, 5) is 20.4. The predicted molar refractivity (Wildman–Crippen MR) is 91.8 cm³/mol. The van der Waals surface area contributed by atoms with Crippen molar-refractivity contribution >= 4 is 39.0 Å². The van der Waals surface area contributed by atoms with Crippen LogP contribution < -0.4 is 15.8 Å². The molecule has 0 saturated heterocycles. The largest absolute Gasteiger partial charge is 0.491 e. The molecule has 136 valence electrons. The Kier molecular flexibility index (Phi) is 4.94. The number of carbonyl (C=O) groups is 1. The van der Waals surface area contributed by atoms with Crippen LogP contribution in [-0.4, -0.2) is 28.7 Å². The Morgan fingerprint density at radius 1 is 1.27 bits per heavy atom. The lowest BCUT2D eigenvalue weighted by Crippen LogP contribution is -2.15. The molecule has 0 aliphatic carbocycles. The molecule has 0 radical (unpaired) electrons. The molecule has 1 amide bonds. The lowest BCUT2D eigenvalue weighted by Gasteiger charge is -2.15. The van der Waals surface area contributed by atoms with Crippen molar-refractivity contribution in [1.82, 2.24) is 9.97 Å². The number of thiophene rings is 1. The molecule has 0 aliphatic heterocycles. The van der Waals surface area contributed by atoms with E-state index in [2.05, 4.69) is 15.3 Å². The maximum atomic E-state index is 12.4. The van der Waals surface area contributed by atoms with Gasteiger partial charge in [-0.05, 0) is 29.6 Å². The summed E-state index contributed by atoms with van der Waals surface area (Å²) >= 11 is 1.43. The van der Waals surface area contributed by atoms with Gasteiger partial charge in [0, 0.05) is 5.56 Å². The number of alkyl halides is 3. The van der Waals surface area contributed by atoms with Gasteiger partial charge in [0.1, 0.15) is 22.7 Å². The van der Waals surface area contributed by atoms with E-state index in [1.165, 1.54) is 35.9 Å². The number of carbonyl (C=O) groups excluding carboxylic acids is 1. The molecule has 6 nitrogen and oxygen atoms in total. The van der Waals surface area contributed by atoms with Crippen LogP contribution in [0.4, 0.5) is 24.7 Å². The second kappa shape index (κ2) is 7.16. The summed E-state index contributed by atoms with van der Waals surface area (Å²) < 4.78 is 42.3. The minimum Gasteiger partial charge on any atom is -0.491 e. The summed E-state index contributed by atoms with van der Waals surface area (Å²) in [5.41, 5.74) is 5.72. The smallest absolute Gasteiger partial charge is 0.392 e. The summed E-state index contributed by atoms with van der Waals surface area (Å²) in [5, 5.41) is 5.62. The van der Waals surface area contributed by atoms with Gasteiger partial charge in [-0.1, -0.05) is 0 Å². The van der Waals surface area contributed by atoms with Gasteiger partial charge in [-0.15, -0.1) is 11.3 Å². The Morgan fingerprint density at radius 2 is 2.08 bits per heavy atom. The molecule has 0 aliphatic rings. The van der Waals surface area contributed by atoms with Crippen molar-refractivity contribution in [2.24, 2.45) is 5.73 Å². The zero-order valence-corrected chi connectivity index (χ0v) is 14.0. The van der Waals surface area contributed by atoms with Gasteiger partial charge in [-0.2, -0.15) is 13.2 Å². The fourth-order valence-electron chi connectivity index (χ4n) is 2.19. The van der Waals surface area contributed by atoms with E-state index in [1.807, 2.05) is 11.4 Å². The number of primary amides is 1. The van der Waals surface area contributed by atoms with Crippen molar-refractivity contribution in [3.8, 4) is 5.75 Å². The zero-order valence-electron chi connectivity index (χ0n) is 13.2. The quantitative estimate of drug-likeness (QED) is 0.676. The average molecular weight is 382 g/mol. The number of benzene rings is 1. The lowest BCUT2D eigenvalue weighted by atomic mass is 10.1. The number of amides is 1. The molecule has 0 saturated carbocycles. The first-order valence-corrected chi connectivity index (χ1v) is 8.30. The van der Waals surface area contributed by atoms with E-state index in [4.69, 9.17) is 10.5 Å². The average Bonchev–Trinajstić information content (AvgIpc) is 3.04. The number of hydrogen-bond acceptors (Lipinski definition) is 6. The molecule has 0 bridgehead atoms. The molecular weight excluding hydrogens is 369 g/mol. The monoisotopic (exact) mass is 382 g/mol. The van der Waals surface area contributed by atoms with Crippen LogP contribution >= 0.6 is 11.3 Å².